The van der Waals surface area contributed by atoms with Gasteiger partial charge in [-0.1, -0.05) is 25.0 Å². The van der Waals surface area contributed by atoms with Gasteiger partial charge in [0.05, 0.1) is 0 Å². The van der Waals surface area contributed by atoms with E-state index in [1.807, 2.05) is 0 Å². The lowest BCUT2D eigenvalue weighted by Crippen LogP contribution is -2.25. The smallest absolute Gasteiger partial charge is 0.135 e. The molecule has 0 atom stereocenters. The lowest BCUT2D eigenvalue weighted by Gasteiger charge is -2.21. The molecule has 116 valence electrons. The third-order valence-corrected chi connectivity index (χ3v) is 4.24. The van der Waals surface area contributed by atoms with Gasteiger partial charge in [0.1, 0.15) is 18.0 Å². The van der Waals surface area contributed by atoms with Crippen LogP contribution in [0.1, 0.15) is 36.8 Å². The summed E-state index contributed by atoms with van der Waals surface area (Å²) in [6, 6.07) is 8.48. The van der Waals surface area contributed by atoms with E-state index in [1.165, 1.54) is 36.8 Å². The summed E-state index contributed by atoms with van der Waals surface area (Å²) in [7, 11) is 0. The summed E-state index contributed by atoms with van der Waals surface area (Å²) in [5.41, 5.74) is 3.58. The maximum Gasteiger partial charge on any atom is 0.135 e. The van der Waals surface area contributed by atoms with Crippen LogP contribution in [0.5, 0.6) is 0 Å². The highest BCUT2D eigenvalue weighted by molar-refractivity contribution is 5.63. The van der Waals surface area contributed by atoms with Crippen molar-refractivity contribution < 1.29 is 0 Å². The van der Waals surface area contributed by atoms with Crippen LogP contribution in [-0.4, -0.2) is 23.1 Å². The highest BCUT2D eigenvalue weighted by Crippen LogP contribution is 2.23. The van der Waals surface area contributed by atoms with Gasteiger partial charge in [0, 0.05) is 24.8 Å². The summed E-state index contributed by atoms with van der Waals surface area (Å²) in [4.78, 5) is 11.2. The summed E-state index contributed by atoms with van der Waals surface area (Å²) in [6.07, 6.45) is 6.82. The maximum absolute atomic E-state index is 4.46. The van der Waals surface area contributed by atoms with E-state index >= 15 is 0 Å². The first-order valence-electron chi connectivity index (χ1n) is 8.14. The number of anilines is 3. The minimum absolute atomic E-state index is 0.864. The Morgan fingerprint density at radius 1 is 0.955 bits per heavy atom. The average Bonchev–Trinajstić information content (AvgIpc) is 2.80. The Kier molecular flexibility index (Phi) is 4.56. The molecule has 0 aliphatic carbocycles. The standard InChI is InChI=1S/C18H24N4/c1-14-7-8-15(2)16(11-14)21-17-12-18(20-13-19-17)22-9-5-3-4-6-10-22/h7-8,11-13H,3-6,9-10H2,1-2H3,(H,19,20,21). The van der Waals surface area contributed by atoms with E-state index in [1.54, 1.807) is 6.33 Å². The predicted octanol–water partition coefficient (Wildman–Crippen LogP) is 4.22. The number of aromatic nitrogens is 2. The van der Waals surface area contributed by atoms with Gasteiger partial charge < -0.3 is 10.2 Å². The van der Waals surface area contributed by atoms with Crippen molar-refractivity contribution in [3.63, 3.8) is 0 Å². The largest absolute Gasteiger partial charge is 0.356 e. The summed E-state index contributed by atoms with van der Waals surface area (Å²) >= 11 is 0. The first-order valence-corrected chi connectivity index (χ1v) is 8.14. The SMILES string of the molecule is Cc1ccc(C)c(Nc2cc(N3CCCCCC3)ncn2)c1. The van der Waals surface area contributed by atoms with Crippen molar-refractivity contribution in [2.75, 3.05) is 23.3 Å². The van der Waals surface area contributed by atoms with Gasteiger partial charge in [-0.15, -0.1) is 0 Å². The topological polar surface area (TPSA) is 41.0 Å². The minimum atomic E-state index is 0.864. The predicted molar refractivity (Wildman–Crippen MR) is 91.9 cm³/mol. The number of nitrogens with one attached hydrogen (secondary N) is 1. The normalized spacial score (nSPS) is 15.5. The van der Waals surface area contributed by atoms with E-state index in [9.17, 15) is 0 Å². The fraction of sp³-hybridized carbons (Fsp3) is 0.444. The molecule has 0 radical (unpaired) electrons. The number of rotatable bonds is 3. The second-order valence-electron chi connectivity index (χ2n) is 6.11. The Labute approximate surface area is 132 Å². The molecular weight excluding hydrogens is 272 g/mol. The molecule has 0 amide bonds. The monoisotopic (exact) mass is 296 g/mol. The highest BCUT2D eigenvalue weighted by atomic mass is 15.2. The van der Waals surface area contributed by atoms with Crippen LogP contribution in [0.2, 0.25) is 0 Å². The summed E-state index contributed by atoms with van der Waals surface area (Å²) in [5, 5.41) is 3.43. The van der Waals surface area contributed by atoms with Gasteiger partial charge in [-0.25, -0.2) is 9.97 Å². The van der Waals surface area contributed by atoms with Crippen molar-refractivity contribution in [3.05, 3.63) is 41.7 Å². The Morgan fingerprint density at radius 3 is 2.50 bits per heavy atom. The summed E-state index contributed by atoms with van der Waals surface area (Å²) < 4.78 is 0. The molecule has 22 heavy (non-hydrogen) atoms. The van der Waals surface area contributed by atoms with Crippen molar-refractivity contribution in [1.29, 1.82) is 0 Å². The second kappa shape index (κ2) is 6.77. The van der Waals surface area contributed by atoms with E-state index in [-0.39, 0.29) is 0 Å². The third kappa shape index (κ3) is 3.56. The van der Waals surface area contributed by atoms with Gasteiger partial charge >= 0.3 is 0 Å². The van der Waals surface area contributed by atoms with Crippen LogP contribution in [0.25, 0.3) is 0 Å². The zero-order valence-corrected chi connectivity index (χ0v) is 13.5. The van der Waals surface area contributed by atoms with E-state index in [4.69, 9.17) is 0 Å². The van der Waals surface area contributed by atoms with Crippen LogP contribution in [0.15, 0.2) is 30.6 Å². The molecular formula is C18H24N4. The molecule has 1 saturated heterocycles. The van der Waals surface area contributed by atoms with Gasteiger partial charge in [-0.05, 0) is 43.9 Å². The Bertz CT molecular complexity index is 631. The van der Waals surface area contributed by atoms with E-state index in [0.29, 0.717) is 0 Å². The number of nitrogens with zero attached hydrogens (tertiary/aromatic N) is 3. The Hall–Kier alpha value is -2.10. The molecule has 2 aromatic rings. The fourth-order valence-electron chi connectivity index (χ4n) is 2.90. The molecule has 2 heterocycles. The Balaban J connectivity index is 1.80. The number of benzene rings is 1. The molecule has 1 aromatic carbocycles. The van der Waals surface area contributed by atoms with E-state index in [0.717, 1.165) is 30.4 Å². The molecule has 1 aliphatic heterocycles. The van der Waals surface area contributed by atoms with Gasteiger partial charge in [0.25, 0.3) is 0 Å². The van der Waals surface area contributed by atoms with Gasteiger partial charge in [0.15, 0.2) is 0 Å². The van der Waals surface area contributed by atoms with Crippen molar-refractivity contribution >= 4 is 17.3 Å². The zero-order chi connectivity index (χ0) is 15.4. The minimum Gasteiger partial charge on any atom is -0.356 e. The molecule has 4 nitrogen and oxygen atoms in total. The molecule has 4 heteroatoms. The van der Waals surface area contributed by atoms with Crippen LogP contribution >= 0.6 is 0 Å². The van der Waals surface area contributed by atoms with Gasteiger partial charge in [0.2, 0.25) is 0 Å². The molecule has 1 fully saturated rings. The van der Waals surface area contributed by atoms with Gasteiger partial charge in [-0.3, -0.25) is 0 Å². The molecule has 1 N–H and O–H groups in total. The molecule has 0 bridgehead atoms. The van der Waals surface area contributed by atoms with E-state index < -0.39 is 0 Å². The first kappa shape index (κ1) is 14.8. The molecule has 3 rings (SSSR count). The van der Waals surface area contributed by atoms with Crippen molar-refractivity contribution in [2.24, 2.45) is 0 Å². The first-order chi connectivity index (χ1) is 10.7. The van der Waals surface area contributed by atoms with Crippen LogP contribution in [0, 0.1) is 13.8 Å². The molecule has 1 aliphatic rings. The lowest BCUT2D eigenvalue weighted by molar-refractivity contribution is 0.726. The molecule has 0 unspecified atom stereocenters. The van der Waals surface area contributed by atoms with Crippen molar-refractivity contribution in [2.45, 2.75) is 39.5 Å². The number of hydrogen-bond donors (Lipinski definition) is 1. The summed E-state index contributed by atoms with van der Waals surface area (Å²) in [6.45, 7) is 6.41. The summed E-state index contributed by atoms with van der Waals surface area (Å²) in [5.74, 6) is 1.90. The highest BCUT2D eigenvalue weighted by Gasteiger charge is 2.12. The maximum atomic E-state index is 4.46. The van der Waals surface area contributed by atoms with Crippen LogP contribution in [-0.2, 0) is 0 Å². The van der Waals surface area contributed by atoms with Gasteiger partial charge in [-0.2, -0.15) is 0 Å². The van der Waals surface area contributed by atoms with Crippen LogP contribution in [0.3, 0.4) is 0 Å². The number of aryl methyl sites for hydroxylation is 2. The lowest BCUT2D eigenvalue weighted by atomic mass is 10.1. The Morgan fingerprint density at radius 2 is 1.73 bits per heavy atom. The molecule has 0 saturated carbocycles. The van der Waals surface area contributed by atoms with Crippen molar-refractivity contribution in [3.8, 4) is 0 Å². The average molecular weight is 296 g/mol. The second-order valence-corrected chi connectivity index (χ2v) is 6.11. The fourth-order valence-corrected chi connectivity index (χ4v) is 2.90. The van der Waals surface area contributed by atoms with Crippen molar-refractivity contribution in [1.82, 2.24) is 9.97 Å². The zero-order valence-electron chi connectivity index (χ0n) is 13.5. The van der Waals surface area contributed by atoms with Crippen LogP contribution < -0.4 is 10.2 Å². The van der Waals surface area contributed by atoms with Crippen LogP contribution in [0.4, 0.5) is 17.3 Å². The number of hydrogen-bond acceptors (Lipinski definition) is 4. The molecule has 0 spiro atoms. The quantitative estimate of drug-likeness (QED) is 0.921. The van der Waals surface area contributed by atoms with E-state index in [2.05, 4.69) is 58.3 Å². The third-order valence-electron chi connectivity index (χ3n) is 4.24. The molecule has 1 aromatic heterocycles.